The lowest BCUT2D eigenvalue weighted by molar-refractivity contribution is 0.370. The Balaban J connectivity index is 2.19. The predicted octanol–water partition coefficient (Wildman–Crippen LogP) is 3.81. The molecule has 106 valence electrons. The van der Waals surface area contributed by atoms with Gasteiger partial charge in [0.1, 0.15) is 0 Å². The first-order valence-corrected chi connectivity index (χ1v) is 7.82. The molecule has 1 aromatic carbocycles. The highest BCUT2D eigenvalue weighted by Crippen LogP contribution is 2.25. The minimum atomic E-state index is 0.606. The van der Waals surface area contributed by atoms with Crippen LogP contribution >= 0.6 is 0 Å². The van der Waals surface area contributed by atoms with E-state index in [1.54, 1.807) is 0 Å². The molecule has 0 fully saturated rings. The molecule has 0 aromatic heterocycles. The van der Waals surface area contributed by atoms with Crippen molar-refractivity contribution in [1.82, 2.24) is 5.32 Å². The lowest BCUT2D eigenvalue weighted by Crippen LogP contribution is -2.42. The van der Waals surface area contributed by atoms with Gasteiger partial charge in [0.05, 0.1) is 0 Å². The number of para-hydroxylation sites is 1. The van der Waals surface area contributed by atoms with Crippen molar-refractivity contribution in [1.29, 1.82) is 0 Å². The first-order chi connectivity index (χ1) is 9.26. The minimum Gasteiger partial charge on any atom is -0.370 e. The molecule has 0 amide bonds. The van der Waals surface area contributed by atoms with Crippen molar-refractivity contribution in [3.8, 4) is 0 Å². The Morgan fingerprint density at radius 2 is 2.11 bits per heavy atom. The SMILES string of the molecule is CCCCN1CC(C(C)CC)NCc2ccccc21. The largest absolute Gasteiger partial charge is 0.370 e. The molecular weight excluding hydrogens is 232 g/mol. The van der Waals surface area contributed by atoms with Crippen molar-refractivity contribution in [2.24, 2.45) is 5.92 Å². The van der Waals surface area contributed by atoms with E-state index in [0.717, 1.165) is 19.0 Å². The van der Waals surface area contributed by atoms with Gasteiger partial charge < -0.3 is 10.2 Å². The van der Waals surface area contributed by atoms with Crippen molar-refractivity contribution in [3.05, 3.63) is 29.8 Å². The first-order valence-electron chi connectivity index (χ1n) is 7.82. The standard InChI is InChI=1S/C17H28N2/c1-4-6-11-19-13-16(14(3)5-2)18-12-15-9-7-8-10-17(15)19/h7-10,14,16,18H,4-6,11-13H2,1-3H3. The second kappa shape index (κ2) is 6.95. The molecule has 2 unspecified atom stereocenters. The van der Waals surface area contributed by atoms with Crippen molar-refractivity contribution in [2.45, 2.75) is 52.6 Å². The minimum absolute atomic E-state index is 0.606. The number of hydrogen-bond acceptors (Lipinski definition) is 2. The number of benzene rings is 1. The van der Waals surface area contributed by atoms with Gasteiger partial charge in [0.2, 0.25) is 0 Å². The van der Waals surface area contributed by atoms with E-state index in [1.165, 1.54) is 37.1 Å². The van der Waals surface area contributed by atoms with Crippen LogP contribution in [0, 0.1) is 5.92 Å². The molecule has 1 aliphatic heterocycles. The number of anilines is 1. The van der Waals surface area contributed by atoms with Crippen LogP contribution in [0.1, 0.15) is 45.6 Å². The number of nitrogens with one attached hydrogen (secondary N) is 1. The van der Waals surface area contributed by atoms with Crippen molar-refractivity contribution in [3.63, 3.8) is 0 Å². The Morgan fingerprint density at radius 1 is 1.32 bits per heavy atom. The maximum atomic E-state index is 3.75. The van der Waals surface area contributed by atoms with E-state index in [-0.39, 0.29) is 0 Å². The molecule has 0 spiro atoms. The molecular formula is C17H28N2. The summed E-state index contributed by atoms with van der Waals surface area (Å²) in [5.41, 5.74) is 2.89. The highest BCUT2D eigenvalue weighted by Gasteiger charge is 2.23. The summed E-state index contributed by atoms with van der Waals surface area (Å²) in [6.07, 6.45) is 3.79. The molecule has 1 heterocycles. The van der Waals surface area contributed by atoms with Crippen LogP contribution in [0.3, 0.4) is 0 Å². The Bertz CT molecular complexity index is 389. The second-order valence-electron chi connectivity index (χ2n) is 5.80. The lowest BCUT2D eigenvalue weighted by Gasteiger charge is -2.30. The maximum Gasteiger partial charge on any atom is 0.0412 e. The average Bonchev–Trinajstić information content (AvgIpc) is 2.64. The van der Waals surface area contributed by atoms with Crippen LogP contribution in [-0.2, 0) is 6.54 Å². The van der Waals surface area contributed by atoms with E-state index in [0.29, 0.717) is 6.04 Å². The van der Waals surface area contributed by atoms with E-state index >= 15 is 0 Å². The quantitative estimate of drug-likeness (QED) is 0.866. The van der Waals surface area contributed by atoms with E-state index in [4.69, 9.17) is 0 Å². The van der Waals surface area contributed by atoms with Gasteiger partial charge in [0.15, 0.2) is 0 Å². The van der Waals surface area contributed by atoms with E-state index in [1.807, 2.05) is 0 Å². The highest BCUT2D eigenvalue weighted by atomic mass is 15.2. The molecule has 2 nitrogen and oxygen atoms in total. The van der Waals surface area contributed by atoms with Crippen LogP contribution in [-0.4, -0.2) is 19.1 Å². The average molecular weight is 260 g/mol. The molecule has 0 bridgehead atoms. The summed E-state index contributed by atoms with van der Waals surface area (Å²) < 4.78 is 0. The molecule has 1 N–H and O–H groups in total. The molecule has 19 heavy (non-hydrogen) atoms. The normalized spacial score (nSPS) is 20.8. The monoisotopic (exact) mass is 260 g/mol. The number of unbranched alkanes of at least 4 members (excludes halogenated alkanes) is 1. The zero-order valence-electron chi connectivity index (χ0n) is 12.7. The van der Waals surface area contributed by atoms with Crippen molar-refractivity contribution in [2.75, 3.05) is 18.0 Å². The zero-order valence-corrected chi connectivity index (χ0v) is 12.7. The summed E-state index contributed by atoms with van der Waals surface area (Å²) in [5.74, 6) is 0.735. The van der Waals surface area contributed by atoms with E-state index in [2.05, 4.69) is 55.3 Å². The van der Waals surface area contributed by atoms with Gasteiger partial charge in [-0.15, -0.1) is 0 Å². The fourth-order valence-electron chi connectivity index (χ4n) is 2.84. The molecule has 1 aromatic rings. The Kier molecular flexibility index (Phi) is 5.26. The van der Waals surface area contributed by atoms with Crippen LogP contribution in [0.15, 0.2) is 24.3 Å². The summed E-state index contributed by atoms with van der Waals surface area (Å²) in [6.45, 7) is 10.3. The van der Waals surface area contributed by atoms with Crippen LogP contribution in [0.4, 0.5) is 5.69 Å². The second-order valence-corrected chi connectivity index (χ2v) is 5.80. The third kappa shape index (κ3) is 3.50. The molecule has 2 atom stereocenters. The molecule has 2 heteroatoms. The fourth-order valence-corrected chi connectivity index (χ4v) is 2.84. The highest BCUT2D eigenvalue weighted by molar-refractivity contribution is 5.54. The van der Waals surface area contributed by atoms with Crippen LogP contribution in [0.5, 0.6) is 0 Å². The number of hydrogen-bond donors (Lipinski definition) is 1. The van der Waals surface area contributed by atoms with Gasteiger partial charge in [-0.1, -0.05) is 51.8 Å². The molecule has 1 aliphatic rings. The van der Waals surface area contributed by atoms with Gasteiger partial charge in [-0.05, 0) is 24.0 Å². The first kappa shape index (κ1) is 14.4. The topological polar surface area (TPSA) is 15.3 Å². The van der Waals surface area contributed by atoms with Gasteiger partial charge in [-0.2, -0.15) is 0 Å². The van der Waals surface area contributed by atoms with Crippen molar-refractivity contribution < 1.29 is 0 Å². The van der Waals surface area contributed by atoms with Gasteiger partial charge in [0, 0.05) is 31.4 Å². The summed E-state index contributed by atoms with van der Waals surface area (Å²) in [5, 5.41) is 3.75. The Morgan fingerprint density at radius 3 is 2.84 bits per heavy atom. The van der Waals surface area contributed by atoms with E-state index in [9.17, 15) is 0 Å². The number of rotatable bonds is 5. The van der Waals surface area contributed by atoms with E-state index < -0.39 is 0 Å². The number of nitrogens with zero attached hydrogens (tertiary/aromatic N) is 1. The summed E-state index contributed by atoms with van der Waals surface area (Å²) in [7, 11) is 0. The van der Waals surface area contributed by atoms with Gasteiger partial charge in [-0.3, -0.25) is 0 Å². The zero-order chi connectivity index (χ0) is 13.7. The molecule has 0 saturated heterocycles. The van der Waals surface area contributed by atoms with Gasteiger partial charge >= 0.3 is 0 Å². The fraction of sp³-hybridized carbons (Fsp3) is 0.647. The Hall–Kier alpha value is -1.02. The van der Waals surface area contributed by atoms with Crippen LogP contribution in [0.2, 0.25) is 0 Å². The molecule has 0 saturated carbocycles. The molecule has 0 aliphatic carbocycles. The smallest absolute Gasteiger partial charge is 0.0412 e. The molecule has 0 radical (unpaired) electrons. The third-order valence-corrected chi connectivity index (χ3v) is 4.42. The van der Waals surface area contributed by atoms with Gasteiger partial charge in [-0.25, -0.2) is 0 Å². The van der Waals surface area contributed by atoms with Crippen molar-refractivity contribution >= 4 is 5.69 Å². The third-order valence-electron chi connectivity index (χ3n) is 4.42. The maximum absolute atomic E-state index is 3.75. The van der Waals surface area contributed by atoms with Gasteiger partial charge in [0.25, 0.3) is 0 Å². The summed E-state index contributed by atoms with van der Waals surface area (Å²) in [4.78, 5) is 2.59. The summed E-state index contributed by atoms with van der Waals surface area (Å²) in [6, 6.07) is 9.48. The Labute approximate surface area is 118 Å². The van der Waals surface area contributed by atoms with Crippen LogP contribution in [0.25, 0.3) is 0 Å². The predicted molar refractivity (Wildman–Crippen MR) is 83.6 cm³/mol. The molecule has 2 rings (SSSR count). The van der Waals surface area contributed by atoms with Crippen LogP contribution < -0.4 is 10.2 Å². The lowest BCUT2D eigenvalue weighted by atomic mass is 9.99. The summed E-state index contributed by atoms with van der Waals surface area (Å²) >= 11 is 0. The number of fused-ring (bicyclic) bond motifs is 1.